The highest BCUT2D eigenvalue weighted by atomic mass is 16.5. The topological polar surface area (TPSA) is 114 Å². The van der Waals surface area contributed by atoms with E-state index in [0.717, 1.165) is 4.90 Å². The summed E-state index contributed by atoms with van der Waals surface area (Å²) in [4.78, 5) is 40.1. The number of likely N-dealkylation sites (tertiary alicyclic amines) is 1. The van der Waals surface area contributed by atoms with Gasteiger partial charge in [-0.05, 0) is 19.9 Å². The van der Waals surface area contributed by atoms with E-state index in [2.05, 4.69) is 5.32 Å². The molecule has 2 aliphatic heterocycles. The summed E-state index contributed by atoms with van der Waals surface area (Å²) in [5.74, 6) is -2.59. The Morgan fingerprint density at radius 2 is 1.93 bits per heavy atom. The lowest BCUT2D eigenvalue weighted by atomic mass is 9.79. The highest BCUT2D eigenvalue weighted by Crippen LogP contribution is 2.50. The van der Waals surface area contributed by atoms with Gasteiger partial charge in [0.2, 0.25) is 11.8 Å². The van der Waals surface area contributed by atoms with E-state index in [-0.39, 0.29) is 13.2 Å². The normalized spacial score (nSPS) is 28.4. The summed E-state index contributed by atoms with van der Waals surface area (Å²) in [6.45, 7) is 2.91. The fourth-order valence-corrected chi connectivity index (χ4v) is 4.37. The molecule has 1 aromatic carbocycles. The van der Waals surface area contributed by atoms with Gasteiger partial charge in [-0.15, -0.1) is 0 Å². The van der Waals surface area contributed by atoms with Gasteiger partial charge in [-0.2, -0.15) is 0 Å². The fraction of sp³-hybridized carbons (Fsp3) is 0.550. The molecule has 2 amide bonds. The summed E-state index contributed by atoms with van der Waals surface area (Å²) < 4.78 is 15.9. The molecule has 0 spiro atoms. The fourth-order valence-electron chi connectivity index (χ4n) is 4.37. The number of nitrogens with one attached hydrogen (secondary N) is 1. The van der Waals surface area contributed by atoms with Crippen LogP contribution >= 0.6 is 0 Å². The molecular formula is C20H26N2O7. The number of amides is 2. The molecule has 0 bridgehead atoms. The summed E-state index contributed by atoms with van der Waals surface area (Å²) in [5, 5.41) is 13.3. The largest absolute Gasteiger partial charge is 0.497 e. The molecule has 9 heteroatoms. The van der Waals surface area contributed by atoms with Crippen molar-refractivity contribution in [1.29, 1.82) is 0 Å². The lowest BCUT2D eigenvalue weighted by molar-refractivity contribution is -0.158. The molecule has 2 heterocycles. The van der Waals surface area contributed by atoms with Crippen molar-refractivity contribution in [1.82, 2.24) is 10.2 Å². The van der Waals surface area contributed by atoms with Gasteiger partial charge in [0, 0.05) is 24.2 Å². The summed E-state index contributed by atoms with van der Waals surface area (Å²) in [6.07, 6.45) is 0. The third-order valence-electron chi connectivity index (χ3n) is 5.73. The molecular weight excluding hydrogens is 380 g/mol. The summed E-state index contributed by atoms with van der Waals surface area (Å²) >= 11 is 0. The van der Waals surface area contributed by atoms with Crippen molar-refractivity contribution in [3.05, 3.63) is 23.8 Å². The molecule has 0 radical (unpaired) electrons. The van der Waals surface area contributed by atoms with E-state index in [1.54, 1.807) is 32.0 Å². The Balaban J connectivity index is 2.16. The molecule has 9 nitrogen and oxygen atoms in total. The van der Waals surface area contributed by atoms with Gasteiger partial charge in [0.15, 0.2) is 5.54 Å². The number of methoxy groups -OCH3 is 2. The van der Waals surface area contributed by atoms with Crippen LogP contribution in [0.2, 0.25) is 0 Å². The number of nitrogens with zero attached hydrogens (tertiary/aromatic N) is 1. The molecule has 2 aliphatic rings. The number of carbonyl (C=O) groups is 3. The number of imide groups is 1. The van der Waals surface area contributed by atoms with E-state index in [9.17, 15) is 19.5 Å². The second kappa shape index (κ2) is 8.00. The van der Waals surface area contributed by atoms with Crippen LogP contribution in [0.15, 0.2) is 18.2 Å². The van der Waals surface area contributed by atoms with E-state index in [1.807, 2.05) is 0 Å². The predicted molar refractivity (Wildman–Crippen MR) is 101 cm³/mol. The maximum Gasteiger partial charge on any atom is 0.329 e. The van der Waals surface area contributed by atoms with Crippen LogP contribution in [0, 0.1) is 11.8 Å². The number of esters is 1. The third kappa shape index (κ3) is 3.05. The predicted octanol–water partition coefficient (Wildman–Crippen LogP) is 0.263. The van der Waals surface area contributed by atoms with Crippen molar-refractivity contribution >= 4 is 17.8 Å². The minimum absolute atomic E-state index is 0.0792. The van der Waals surface area contributed by atoms with Crippen LogP contribution in [-0.4, -0.2) is 67.3 Å². The van der Waals surface area contributed by atoms with Gasteiger partial charge in [0.1, 0.15) is 11.5 Å². The van der Waals surface area contributed by atoms with E-state index in [4.69, 9.17) is 14.2 Å². The van der Waals surface area contributed by atoms with Gasteiger partial charge in [-0.1, -0.05) is 6.07 Å². The number of rotatable bonds is 7. The molecule has 0 unspecified atom stereocenters. The van der Waals surface area contributed by atoms with Crippen molar-refractivity contribution in [2.45, 2.75) is 25.4 Å². The van der Waals surface area contributed by atoms with Gasteiger partial charge < -0.3 is 19.3 Å². The van der Waals surface area contributed by atoms with Crippen LogP contribution in [0.3, 0.4) is 0 Å². The van der Waals surface area contributed by atoms with Gasteiger partial charge in [0.25, 0.3) is 0 Å². The molecule has 1 aromatic rings. The molecule has 0 aliphatic carbocycles. The first-order valence-electron chi connectivity index (χ1n) is 9.53. The lowest BCUT2D eigenvalue weighted by Gasteiger charge is -2.31. The number of aliphatic hydroxyl groups is 1. The average molecular weight is 406 g/mol. The van der Waals surface area contributed by atoms with Crippen LogP contribution < -0.4 is 14.8 Å². The molecule has 3 rings (SSSR count). The van der Waals surface area contributed by atoms with Crippen LogP contribution in [0.4, 0.5) is 0 Å². The Bertz CT molecular complexity index is 827. The Labute approximate surface area is 168 Å². The molecule has 0 aromatic heterocycles. The Hall–Kier alpha value is -2.65. The molecule has 2 fully saturated rings. The molecule has 0 saturated carbocycles. The Morgan fingerprint density at radius 3 is 2.48 bits per heavy atom. The number of carbonyl (C=O) groups excluding carboxylic acids is 3. The van der Waals surface area contributed by atoms with Crippen molar-refractivity contribution in [2.24, 2.45) is 11.8 Å². The summed E-state index contributed by atoms with van der Waals surface area (Å²) in [7, 11) is 3.00. The monoisotopic (exact) mass is 406 g/mol. The first kappa shape index (κ1) is 21.1. The molecule has 158 valence electrons. The number of hydrogen-bond acceptors (Lipinski definition) is 8. The molecule has 4 atom stereocenters. The van der Waals surface area contributed by atoms with Crippen molar-refractivity contribution in [3.8, 4) is 11.5 Å². The summed E-state index contributed by atoms with van der Waals surface area (Å²) in [5.41, 5.74) is -1.13. The van der Waals surface area contributed by atoms with E-state index in [1.165, 1.54) is 14.2 Å². The minimum atomic E-state index is -1.72. The second-order valence-corrected chi connectivity index (χ2v) is 7.00. The first-order valence-corrected chi connectivity index (χ1v) is 9.53. The van der Waals surface area contributed by atoms with E-state index >= 15 is 0 Å². The number of aliphatic hydroxyl groups excluding tert-OH is 1. The molecule has 29 heavy (non-hydrogen) atoms. The third-order valence-corrected chi connectivity index (χ3v) is 5.73. The van der Waals surface area contributed by atoms with E-state index < -0.39 is 47.8 Å². The lowest BCUT2D eigenvalue weighted by Crippen LogP contribution is -2.59. The van der Waals surface area contributed by atoms with Crippen LogP contribution in [0.5, 0.6) is 11.5 Å². The maximum atomic E-state index is 13.1. The van der Waals surface area contributed by atoms with Crippen LogP contribution in [0.25, 0.3) is 0 Å². The number of benzene rings is 1. The van der Waals surface area contributed by atoms with Gasteiger partial charge in [-0.25, -0.2) is 4.79 Å². The highest BCUT2D eigenvalue weighted by Gasteiger charge is 2.68. The maximum absolute atomic E-state index is 13.1. The average Bonchev–Trinajstić information content (AvgIpc) is 3.21. The first-order chi connectivity index (χ1) is 13.9. The number of hydrogen-bond donors (Lipinski definition) is 2. The molecule has 2 saturated heterocycles. The van der Waals surface area contributed by atoms with E-state index in [0.29, 0.717) is 17.1 Å². The SMILES string of the molecule is CCOC(=O)[C@]1(CO)N[C@H](c2ccc(OC)cc2OC)[C@H]2C(=O)N(CC)C(=O)[C@H]21. The van der Waals surface area contributed by atoms with Gasteiger partial charge >= 0.3 is 5.97 Å². The zero-order valence-electron chi connectivity index (χ0n) is 16.9. The van der Waals surface area contributed by atoms with Crippen LogP contribution in [0.1, 0.15) is 25.5 Å². The Kier molecular flexibility index (Phi) is 5.81. The zero-order chi connectivity index (χ0) is 21.3. The van der Waals surface area contributed by atoms with Gasteiger partial charge in [-0.3, -0.25) is 19.8 Å². The Morgan fingerprint density at radius 1 is 1.21 bits per heavy atom. The van der Waals surface area contributed by atoms with Crippen molar-refractivity contribution < 1.29 is 33.7 Å². The quantitative estimate of drug-likeness (QED) is 0.490. The van der Waals surface area contributed by atoms with Crippen molar-refractivity contribution in [2.75, 3.05) is 34.0 Å². The number of ether oxygens (including phenoxy) is 3. The van der Waals surface area contributed by atoms with Gasteiger partial charge in [0.05, 0.1) is 39.3 Å². The molecule has 2 N–H and O–H groups in total. The van der Waals surface area contributed by atoms with Crippen molar-refractivity contribution in [3.63, 3.8) is 0 Å². The second-order valence-electron chi connectivity index (χ2n) is 7.00. The highest BCUT2D eigenvalue weighted by molar-refractivity contribution is 6.09. The smallest absolute Gasteiger partial charge is 0.329 e. The summed E-state index contributed by atoms with van der Waals surface area (Å²) in [6, 6.07) is 4.35. The zero-order valence-corrected chi connectivity index (χ0v) is 16.9. The minimum Gasteiger partial charge on any atom is -0.497 e. The standard InChI is InChI=1S/C20H26N2O7/c1-5-22-17(24)14-15(18(22)25)20(10-23,19(26)29-6-2)21-16(14)12-8-7-11(27-3)9-13(12)28-4/h7-9,14-16,21,23H,5-6,10H2,1-4H3/t14-,15-,16+,20+/m0/s1. The number of fused-ring (bicyclic) bond motifs is 1. The van der Waals surface area contributed by atoms with Crippen LogP contribution in [-0.2, 0) is 19.1 Å².